The minimum Gasteiger partial charge on any atom is -0.360 e. The number of carbonyl (C=O) groups excluding carboxylic acids is 1. The smallest absolute Gasteiger partial charge is 0.267 e. The van der Waals surface area contributed by atoms with Gasteiger partial charge < -0.3 is 10.6 Å². The van der Waals surface area contributed by atoms with Crippen molar-refractivity contribution in [2.24, 2.45) is 0 Å². The van der Waals surface area contributed by atoms with Crippen LogP contribution in [0.15, 0.2) is 60.3 Å². The summed E-state index contributed by atoms with van der Waals surface area (Å²) in [6.45, 7) is 0. The van der Waals surface area contributed by atoms with Gasteiger partial charge in [0, 0.05) is 26.2 Å². The molecule has 6 heteroatoms. The lowest BCUT2D eigenvalue weighted by molar-refractivity contribution is -0.112. The van der Waals surface area contributed by atoms with Gasteiger partial charge in [-0.1, -0.05) is 17.7 Å². The Balaban J connectivity index is 2.07. The highest BCUT2D eigenvalue weighted by Gasteiger charge is 2.09. The van der Waals surface area contributed by atoms with Gasteiger partial charge in [-0.2, -0.15) is 5.26 Å². The van der Waals surface area contributed by atoms with Crippen LogP contribution in [0.5, 0.6) is 0 Å². The molecule has 0 radical (unpaired) electrons. The first-order valence-electron chi connectivity index (χ1n) is 6.28. The highest BCUT2D eigenvalue weighted by Crippen LogP contribution is 2.16. The van der Waals surface area contributed by atoms with E-state index in [2.05, 4.69) is 33.2 Å². The molecule has 0 aliphatic carbocycles. The SMILES string of the molecule is N#C/C(=C/Nc1ccc(I)cc1)C(=O)Nc1cccc(Cl)c1. The Bertz CT molecular complexity index is 751. The van der Waals surface area contributed by atoms with E-state index in [1.165, 1.54) is 6.20 Å². The summed E-state index contributed by atoms with van der Waals surface area (Å²) in [5, 5.41) is 15.2. The predicted molar refractivity (Wildman–Crippen MR) is 96.6 cm³/mol. The number of nitrogens with one attached hydrogen (secondary N) is 2. The van der Waals surface area contributed by atoms with Gasteiger partial charge in [-0.05, 0) is 65.1 Å². The maximum atomic E-state index is 12.0. The Hall–Kier alpha value is -2.04. The highest BCUT2D eigenvalue weighted by molar-refractivity contribution is 14.1. The monoisotopic (exact) mass is 423 g/mol. The first kappa shape index (κ1) is 16.3. The molecule has 2 aromatic rings. The van der Waals surface area contributed by atoms with Crippen molar-refractivity contribution in [1.29, 1.82) is 5.26 Å². The van der Waals surface area contributed by atoms with Crippen LogP contribution >= 0.6 is 34.2 Å². The molecule has 0 saturated carbocycles. The highest BCUT2D eigenvalue weighted by atomic mass is 127. The van der Waals surface area contributed by atoms with Gasteiger partial charge in [-0.25, -0.2) is 0 Å². The number of rotatable bonds is 4. The number of amides is 1. The van der Waals surface area contributed by atoms with Crippen molar-refractivity contribution in [1.82, 2.24) is 0 Å². The second-order valence-electron chi connectivity index (χ2n) is 4.29. The zero-order chi connectivity index (χ0) is 15.9. The zero-order valence-electron chi connectivity index (χ0n) is 11.3. The minimum absolute atomic E-state index is 0.0291. The summed E-state index contributed by atoms with van der Waals surface area (Å²) < 4.78 is 1.10. The number of carbonyl (C=O) groups is 1. The molecule has 1 amide bonds. The lowest BCUT2D eigenvalue weighted by atomic mass is 10.2. The van der Waals surface area contributed by atoms with E-state index in [4.69, 9.17) is 16.9 Å². The summed E-state index contributed by atoms with van der Waals surface area (Å²) in [4.78, 5) is 12.0. The quantitative estimate of drug-likeness (QED) is 0.435. The van der Waals surface area contributed by atoms with E-state index in [0.717, 1.165) is 9.26 Å². The number of nitrogens with zero attached hydrogens (tertiary/aromatic N) is 1. The molecule has 0 aliphatic heterocycles. The van der Waals surface area contributed by atoms with Crippen LogP contribution < -0.4 is 10.6 Å². The average molecular weight is 424 g/mol. The molecule has 0 heterocycles. The lowest BCUT2D eigenvalue weighted by Crippen LogP contribution is -2.14. The third-order valence-corrected chi connectivity index (χ3v) is 3.63. The lowest BCUT2D eigenvalue weighted by Gasteiger charge is -2.05. The normalized spacial score (nSPS) is 10.7. The van der Waals surface area contributed by atoms with Gasteiger partial charge in [0.25, 0.3) is 5.91 Å². The van der Waals surface area contributed by atoms with E-state index in [-0.39, 0.29) is 5.57 Å². The van der Waals surface area contributed by atoms with Crippen LogP contribution in [-0.4, -0.2) is 5.91 Å². The molecule has 0 bridgehead atoms. The van der Waals surface area contributed by atoms with Crippen LogP contribution in [-0.2, 0) is 4.79 Å². The molecular formula is C16H11ClIN3O. The van der Waals surface area contributed by atoms with Gasteiger partial charge in [0.05, 0.1) is 0 Å². The number of nitriles is 1. The molecule has 4 nitrogen and oxygen atoms in total. The Labute approximate surface area is 146 Å². The maximum Gasteiger partial charge on any atom is 0.267 e. The van der Waals surface area contributed by atoms with Crippen LogP contribution in [0.3, 0.4) is 0 Å². The van der Waals surface area contributed by atoms with Gasteiger partial charge in [0.2, 0.25) is 0 Å². The largest absolute Gasteiger partial charge is 0.360 e. The van der Waals surface area contributed by atoms with E-state index in [9.17, 15) is 4.79 Å². The predicted octanol–water partition coefficient (Wildman–Crippen LogP) is 4.40. The number of benzene rings is 2. The van der Waals surface area contributed by atoms with Gasteiger partial charge in [-0.3, -0.25) is 4.79 Å². The third kappa shape index (κ3) is 4.76. The molecule has 0 saturated heterocycles. The Morgan fingerprint density at radius 2 is 1.91 bits per heavy atom. The third-order valence-electron chi connectivity index (χ3n) is 2.67. The number of halogens is 2. The van der Waals surface area contributed by atoms with Crippen LogP contribution in [0, 0.1) is 14.9 Å². The summed E-state index contributed by atoms with van der Waals surface area (Å²) in [5.41, 5.74) is 1.30. The van der Waals surface area contributed by atoms with Crippen molar-refractivity contribution < 1.29 is 4.79 Å². The van der Waals surface area contributed by atoms with Crippen LogP contribution in [0.25, 0.3) is 0 Å². The van der Waals surface area contributed by atoms with Crippen molar-refractivity contribution in [3.05, 3.63) is 68.9 Å². The van der Waals surface area contributed by atoms with E-state index in [0.29, 0.717) is 10.7 Å². The van der Waals surface area contributed by atoms with Gasteiger partial charge >= 0.3 is 0 Å². The Morgan fingerprint density at radius 1 is 1.18 bits per heavy atom. The molecule has 0 atom stereocenters. The molecule has 0 aliphatic rings. The minimum atomic E-state index is -0.497. The van der Waals surface area contributed by atoms with Crippen molar-refractivity contribution >= 4 is 51.5 Å². The van der Waals surface area contributed by atoms with Gasteiger partial charge in [-0.15, -0.1) is 0 Å². The second-order valence-corrected chi connectivity index (χ2v) is 5.97. The Kier molecular flexibility index (Phi) is 5.81. The van der Waals surface area contributed by atoms with E-state index in [1.807, 2.05) is 30.3 Å². The maximum absolute atomic E-state index is 12.0. The van der Waals surface area contributed by atoms with Crippen molar-refractivity contribution in [2.45, 2.75) is 0 Å². The molecule has 0 spiro atoms. The van der Waals surface area contributed by atoms with Crippen molar-refractivity contribution in [3.63, 3.8) is 0 Å². The fourth-order valence-electron chi connectivity index (χ4n) is 1.61. The molecule has 0 aromatic heterocycles. The van der Waals surface area contributed by atoms with Gasteiger partial charge in [0.1, 0.15) is 11.6 Å². The molecule has 2 N–H and O–H groups in total. The summed E-state index contributed by atoms with van der Waals surface area (Å²) in [7, 11) is 0. The number of hydrogen-bond acceptors (Lipinski definition) is 3. The van der Waals surface area contributed by atoms with Crippen LogP contribution in [0.1, 0.15) is 0 Å². The molecule has 2 aromatic carbocycles. The van der Waals surface area contributed by atoms with Crippen LogP contribution in [0.2, 0.25) is 5.02 Å². The molecule has 2 rings (SSSR count). The second kappa shape index (κ2) is 7.82. The Morgan fingerprint density at radius 3 is 2.55 bits per heavy atom. The summed E-state index contributed by atoms with van der Waals surface area (Å²) in [5.74, 6) is -0.497. The zero-order valence-corrected chi connectivity index (χ0v) is 14.2. The van der Waals surface area contributed by atoms with Crippen LogP contribution in [0.4, 0.5) is 11.4 Å². The topological polar surface area (TPSA) is 64.9 Å². The first-order valence-corrected chi connectivity index (χ1v) is 7.73. The first-order chi connectivity index (χ1) is 10.6. The summed E-state index contributed by atoms with van der Waals surface area (Å²) in [6.07, 6.45) is 1.38. The van der Waals surface area contributed by atoms with E-state index < -0.39 is 5.91 Å². The summed E-state index contributed by atoms with van der Waals surface area (Å²) >= 11 is 8.05. The molecule has 22 heavy (non-hydrogen) atoms. The van der Waals surface area contributed by atoms with E-state index in [1.54, 1.807) is 24.3 Å². The van der Waals surface area contributed by atoms with Gasteiger partial charge in [0.15, 0.2) is 0 Å². The standard InChI is InChI=1S/C16H11ClIN3O/c17-12-2-1-3-15(8-12)21-16(22)11(9-19)10-20-14-6-4-13(18)5-7-14/h1-8,10,20H,(H,21,22)/b11-10-. The number of hydrogen-bond donors (Lipinski definition) is 2. The van der Waals surface area contributed by atoms with E-state index >= 15 is 0 Å². The molecule has 0 unspecified atom stereocenters. The average Bonchev–Trinajstić information content (AvgIpc) is 2.49. The van der Waals surface area contributed by atoms with Crippen molar-refractivity contribution in [3.8, 4) is 6.07 Å². The van der Waals surface area contributed by atoms with Crippen molar-refractivity contribution in [2.75, 3.05) is 10.6 Å². The summed E-state index contributed by atoms with van der Waals surface area (Å²) in [6, 6.07) is 16.2. The molecular weight excluding hydrogens is 413 g/mol. The molecule has 110 valence electrons. The fraction of sp³-hybridized carbons (Fsp3) is 0. The molecule has 0 fully saturated rings. The number of anilines is 2. The fourth-order valence-corrected chi connectivity index (χ4v) is 2.16.